The van der Waals surface area contributed by atoms with Crippen LogP contribution in [0.3, 0.4) is 0 Å². The Kier molecular flexibility index (Phi) is 3.50. The van der Waals surface area contributed by atoms with Gasteiger partial charge in [0, 0.05) is 18.6 Å². The molecule has 0 aromatic carbocycles. The third kappa shape index (κ3) is 3.54. The fourth-order valence-corrected chi connectivity index (χ4v) is 0.347. The molecule has 0 bridgehead atoms. The highest BCUT2D eigenvalue weighted by Crippen LogP contribution is 2.23. The molecule has 0 atom stereocenters. The van der Waals surface area contributed by atoms with Gasteiger partial charge >= 0.3 is 6.18 Å². The molecular formula is C6H7F3N2. The average Bonchev–Trinajstić information content (AvgIpc) is 1.87. The highest BCUT2D eigenvalue weighted by molar-refractivity contribution is 5.77. The van der Waals surface area contributed by atoms with Gasteiger partial charge in [-0.25, -0.2) is 0 Å². The molecule has 0 spiro atoms. The Morgan fingerprint density at radius 2 is 2.00 bits per heavy atom. The molecule has 0 heterocycles. The molecule has 0 radical (unpaired) electrons. The number of alkyl halides is 3. The van der Waals surface area contributed by atoms with Crippen LogP contribution in [0.15, 0.2) is 16.8 Å². The van der Waals surface area contributed by atoms with Gasteiger partial charge < -0.3 is 5.41 Å². The lowest BCUT2D eigenvalue weighted by Gasteiger charge is -2.03. The minimum atomic E-state index is -4.48. The van der Waals surface area contributed by atoms with E-state index >= 15 is 0 Å². The number of rotatable bonds is 2. The van der Waals surface area contributed by atoms with Gasteiger partial charge in [0.1, 0.15) is 0 Å². The summed E-state index contributed by atoms with van der Waals surface area (Å²) in [7, 11) is 0. The second-order valence-corrected chi connectivity index (χ2v) is 1.63. The Balaban J connectivity index is 4.53. The SMILES string of the molecule is C/C=N\C=C(/C=N)C(F)(F)F. The van der Waals surface area contributed by atoms with E-state index < -0.39 is 11.7 Å². The molecule has 0 saturated heterocycles. The first-order valence-electron chi connectivity index (χ1n) is 2.78. The largest absolute Gasteiger partial charge is 0.419 e. The summed E-state index contributed by atoms with van der Waals surface area (Å²) in [5.74, 6) is 0. The fraction of sp³-hybridized carbons (Fsp3) is 0.333. The van der Waals surface area contributed by atoms with Gasteiger partial charge in [0.2, 0.25) is 0 Å². The van der Waals surface area contributed by atoms with Crippen LogP contribution in [-0.4, -0.2) is 18.6 Å². The van der Waals surface area contributed by atoms with E-state index in [-0.39, 0.29) is 6.21 Å². The van der Waals surface area contributed by atoms with E-state index in [4.69, 9.17) is 5.41 Å². The van der Waals surface area contributed by atoms with E-state index in [1.165, 1.54) is 13.1 Å². The van der Waals surface area contributed by atoms with Crippen molar-refractivity contribution < 1.29 is 13.2 Å². The van der Waals surface area contributed by atoms with Crippen molar-refractivity contribution in [1.29, 1.82) is 5.41 Å². The van der Waals surface area contributed by atoms with Gasteiger partial charge in [0.25, 0.3) is 0 Å². The van der Waals surface area contributed by atoms with Crippen molar-refractivity contribution in [3.05, 3.63) is 11.8 Å². The summed E-state index contributed by atoms with van der Waals surface area (Å²) in [6.45, 7) is 1.49. The van der Waals surface area contributed by atoms with E-state index in [0.717, 1.165) is 0 Å². The quantitative estimate of drug-likeness (QED) is 0.607. The van der Waals surface area contributed by atoms with Crippen molar-refractivity contribution in [3.8, 4) is 0 Å². The second-order valence-electron chi connectivity index (χ2n) is 1.63. The first-order chi connectivity index (χ1) is 5.02. The molecule has 0 aliphatic rings. The summed E-state index contributed by atoms with van der Waals surface area (Å²) in [6, 6.07) is 0. The maximum Gasteiger partial charge on any atom is 0.419 e. The van der Waals surface area contributed by atoms with Crippen LogP contribution in [0.2, 0.25) is 0 Å². The van der Waals surface area contributed by atoms with Crippen LogP contribution in [0.25, 0.3) is 0 Å². The van der Waals surface area contributed by atoms with Gasteiger partial charge in [0.05, 0.1) is 5.57 Å². The van der Waals surface area contributed by atoms with Crippen LogP contribution in [0.1, 0.15) is 6.92 Å². The highest BCUT2D eigenvalue weighted by Gasteiger charge is 2.31. The number of hydrogen-bond donors (Lipinski definition) is 1. The molecule has 0 aromatic rings. The Morgan fingerprint density at radius 1 is 1.45 bits per heavy atom. The maximum absolute atomic E-state index is 11.8. The van der Waals surface area contributed by atoms with Crippen LogP contribution >= 0.6 is 0 Å². The summed E-state index contributed by atoms with van der Waals surface area (Å²) in [5.41, 5.74) is -1.06. The van der Waals surface area contributed by atoms with Crippen molar-refractivity contribution >= 4 is 12.4 Å². The van der Waals surface area contributed by atoms with Crippen LogP contribution in [0, 0.1) is 5.41 Å². The third-order valence-corrected chi connectivity index (χ3v) is 0.846. The standard InChI is InChI=1S/C6H7F3N2/c1-2-11-4-5(3-10)6(7,8)9/h2-4,10H,1H3/b5-4+,10-3?,11-2-. The van der Waals surface area contributed by atoms with Gasteiger partial charge in [0.15, 0.2) is 0 Å². The lowest BCUT2D eigenvalue weighted by Crippen LogP contribution is -2.12. The van der Waals surface area contributed by atoms with E-state index in [1.807, 2.05) is 0 Å². The number of allylic oxidation sites excluding steroid dienone is 1. The molecule has 1 N–H and O–H groups in total. The van der Waals surface area contributed by atoms with Crippen molar-refractivity contribution in [2.75, 3.05) is 0 Å². The van der Waals surface area contributed by atoms with Crippen LogP contribution in [0.4, 0.5) is 13.2 Å². The van der Waals surface area contributed by atoms with Crippen LogP contribution < -0.4 is 0 Å². The summed E-state index contributed by atoms with van der Waals surface area (Å²) in [5, 5.41) is 6.41. The third-order valence-electron chi connectivity index (χ3n) is 0.846. The molecule has 0 amide bonds. The fourth-order valence-electron chi connectivity index (χ4n) is 0.347. The molecule has 0 aliphatic carbocycles. The molecule has 11 heavy (non-hydrogen) atoms. The van der Waals surface area contributed by atoms with Crippen LogP contribution in [0.5, 0.6) is 0 Å². The lowest BCUT2D eigenvalue weighted by atomic mass is 10.3. The molecule has 62 valence electrons. The molecule has 2 nitrogen and oxygen atoms in total. The zero-order chi connectivity index (χ0) is 8.91. The first-order valence-corrected chi connectivity index (χ1v) is 2.78. The average molecular weight is 164 g/mol. The monoisotopic (exact) mass is 164 g/mol. The Morgan fingerprint density at radius 3 is 2.27 bits per heavy atom. The summed E-state index contributed by atoms with van der Waals surface area (Å²) in [4.78, 5) is 3.25. The second kappa shape index (κ2) is 3.90. The predicted octanol–water partition coefficient (Wildman–Crippen LogP) is 2.17. The maximum atomic E-state index is 11.8. The topological polar surface area (TPSA) is 36.2 Å². The Labute approximate surface area is 62.0 Å². The number of hydrogen-bond acceptors (Lipinski definition) is 2. The first kappa shape index (κ1) is 9.87. The predicted molar refractivity (Wildman–Crippen MR) is 37.1 cm³/mol. The highest BCUT2D eigenvalue weighted by atomic mass is 19.4. The van der Waals surface area contributed by atoms with E-state index in [9.17, 15) is 13.2 Å². The molecular weight excluding hydrogens is 157 g/mol. The Bertz CT molecular complexity index is 190. The molecule has 0 aliphatic heterocycles. The lowest BCUT2D eigenvalue weighted by molar-refractivity contribution is -0.0857. The van der Waals surface area contributed by atoms with Gasteiger partial charge in [-0.3, -0.25) is 4.99 Å². The summed E-state index contributed by atoms with van der Waals surface area (Å²) < 4.78 is 35.3. The number of nitrogens with zero attached hydrogens (tertiary/aromatic N) is 1. The smallest absolute Gasteiger partial charge is 0.308 e. The molecule has 0 saturated carbocycles. The zero-order valence-electron chi connectivity index (χ0n) is 5.81. The van der Waals surface area contributed by atoms with E-state index in [2.05, 4.69) is 4.99 Å². The number of aliphatic imine (C=N–C) groups is 1. The minimum Gasteiger partial charge on any atom is -0.308 e. The van der Waals surface area contributed by atoms with Gasteiger partial charge in [-0.05, 0) is 6.92 Å². The van der Waals surface area contributed by atoms with Crippen LogP contribution in [-0.2, 0) is 0 Å². The van der Waals surface area contributed by atoms with E-state index in [0.29, 0.717) is 6.20 Å². The van der Waals surface area contributed by atoms with Crippen molar-refractivity contribution in [2.24, 2.45) is 4.99 Å². The normalized spacial score (nSPS) is 14.0. The van der Waals surface area contributed by atoms with Gasteiger partial charge in [-0.2, -0.15) is 13.2 Å². The Hall–Kier alpha value is -1.13. The molecule has 0 fully saturated rings. The van der Waals surface area contributed by atoms with Crippen molar-refractivity contribution in [1.82, 2.24) is 0 Å². The summed E-state index contributed by atoms with van der Waals surface area (Å²) in [6.07, 6.45) is -2.43. The molecule has 0 rings (SSSR count). The zero-order valence-corrected chi connectivity index (χ0v) is 5.81. The minimum absolute atomic E-state index is 0.229. The van der Waals surface area contributed by atoms with Gasteiger partial charge in [-0.1, -0.05) is 0 Å². The molecule has 0 unspecified atom stereocenters. The van der Waals surface area contributed by atoms with E-state index in [1.54, 1.807) is 0 Å². The van der Waals surface area contributed by atoms with Gasteiger partial charge in [-0.15, -0.1) is 0 Å². The molecule has 5 heteroatoms. The van der Waals surface area contributed by atoms with Crippen molar-refractivity contribution in [3.63, 3.8) is 0 Å². The summed E-state index contributed by atoms with van der Waals surface area (Å²) >= 11 is 0. The number of halogens is 3. The molecule has 0 aromatic heterocycles. The van der Waals surface area contributed by atoms with Crippen molar-refractivity contribution in [2.45, 2.75) is 13.1 Å². The number of nitrogens with one attached hydrogen (secondary N) is 1.